The zero-order valence-electron chi connectivity index (χ0n) is 11.4. The van der Waals surface area contributed by atoms with Crippen molar-refractivity contribution in [2.75, 3.05) is 6.54 Å². The van der Waals surface area contributed by atoms with Gasteiger partial charge in [-0.1, -0.05) is 26.7 Å². The number of carbonyl (C=O) groups excluding carboxylic acids is 2. The van der Waals surface area contributed by atoms with Crippen molar-refractivity contribution in [3.63, 3.8) is 0 Å². The van der Waals surface area contributed by atoms with Crippen LogP contribution in [0.4, 0.5) is 0 Å². The minimum Gasteiger partial charge on any atom is -0.354 e. The molecule has 2 atom stereocenters. The highest BCUT2D eigenvalue weighted by Crippen LogP contribution is 2.40. The number of piperidine rings is 1. The van der Waals surface area contributed by atoms with E-state index in [-0.39, 0.29) is 29.2 Å². The Balaban J connectivity index is 1.89. The summed E-state index contributed by atoms with van der Waals surface area (Å²) in [7, 11) is 0. The molecule has 1 aliphatic heterocycles. The summed E-state index contributed by atoms with van der Waals surface area (Å²) in [4.78, 5) is 23.4. The molecule has 2 rings (SSSR count). The lowest BCUT2D eigenvalue weighted by Crippen LogP contribution is -2.51. The van der Waals surface area contributed by atoms with Crippen LogP contribution in [0.3, 0.4) is 0 Å². The number of carbonyl (C=O) groups is 2. The predicted octanol–water partition coefficient (Wildman–Crippen LogP) is 1.60. The van der Waals surface area contributed by atoms with E-state index in [9.17, 15) is 9.59 Å². The maximum atomic E-state index is 12.3. The number of amides is 2. The number of hydrogen-bond donors (Lipinski definition) is 2. The molecule has 4 nitrogen and oxygen atoms in total. The number of nitrogens with one attached hydrogen (secondary N) is 2. The van der Waals surface area contributed by atoms with Crippen LogP contribution in [0.5, 0.6) is 0 Å². The summed E-state index contributed by atoms with van der Waals surface area (Å²) in [5, 5.41) is 5.92. The van der Waals surface area contributed by atoms with Gasteiger partial charge in [-0.15, -0.1) is 0 Å². The number of rotatable bonds is 2. The van der Waals surface area contributed by atoms with E-state index in [1.165, 1.54) is 6.42 Å². The second-order valence-corrected chi connectivity index (χ2v) is 6.34. The van der Waals surface area contributed by atoms with Crippen molar-refractivity contribution in [2.24, 2.45) is 11.3 Å². The molecule has 2 aliphatic rings. The second-order valence-electron chi connectivity index (χ2n) is 6.34. The quantitative estimate of drug-likeness (QED) is 0.784. The Morgan fingerprint density at radius 2 is 2.11 bits per heavy atom. The fraction of sp³-hybridized carbons (Fsp3) is 0.857. The van der Waals surface area contributed by atoms with E-state index in [0.717, 1.165) is 25.7 Å². The largest absolute Gasteiger partial charge is 0.354 e. The first-order chi connectivity index (χ1) is 8.49. The van der Waals surface area contributed by atoms with Gasteiger partial charge in [0.25, 0.3) is 0 Å². The summed E-state index contributed by atoms with van der Waals surface area (Å²) in [6.45, 7) is 4.97. The van der Waals surface area contributed by atoms with Crippen molar-refractivity contribution >= 4 is 11.8 Å². The van der Waals surface area contributed by atoms with Crippen LogP contribution in [0, 0.1) is 11.3 Å². The van der Waals surface area contributed by atoms with E-state index in [2.05, 4.69) is 24.5 Å². The first kappa shape index (κ1) is 13.4. The van der Waals surface area contributed by atoms with Gasteiger partial charge in [-0.2, -0.15) is 0 Å². The minimum atomic E-state index is 0.0958. The Hall–Kier alpha value is -1.06. The fourth-order valence-corrected chi connectivity index (χ4v) is 3.14. The van der Waals surface area contributed by atoms with Gasteiger partial charge >= 0.3 is 0 Å². The minimum absolute atomic E-state index is 0.0958. The molecular formula is C14H24N2O2. The molecule has 1 aliphatic carbocycles. The van der Waals surface area contributed by atoms with Crippen LogP contribution in [-0.2, 0) is 9.59 Å². The van der Waals surface area contributed by atoms with Gasteiger partial charge in [0.05, 0.1) is 0 Å². The van der Waals surface area contributed by atoms with Crippen LogP contribution >= 0.6 is 0 Å². The molecule has 0 radical (unpaired) electrons. The van der Waals surface area contributed by atoms with E-state index >= 15 is 0 Å². The summed E-state index contributed by atoms with van der Waals surface area (Å²) in [5.41, 5.74) is 0.111. The highest BCUT2D eigenvalue weighted by molar-refractivity contribution is 5.81. The van der Waals surface area contributed by atoms with Crippen molar-refractivity contribution in [2.45, 2.75) is 58.4 Å². The average Bonchev–Trinajstić information content (AvgIpc) is 2.31. The summed E-state index contributed by atoms with van der Waals surface area (Å²) in [6, 6.07) is 0.118. The molecule has 1 heterocycles. The van der Waals surface area contributed by atoms with Crippen molar-refractivity contribution in [1.82, 2.24) is 10.6 Å². The first-order valence-corrected chi connectivity index (χ1v) is 7.06. The Morgan fingerprint density at radius 3 is 2.72 bits per heavy atom. The zero-order valence-corrected chi connectivity index (χ0v) is 11.4. The first-order valence-electron chi connectivity index (χ1n) is 7.06. The molecule has 0 aromatic rings. The van der Waals surface area contributed by atoms with Gasteiger partial charge in [-0.25, -0.2) is 0 Å². The third kappa shape index (κ3) is 3.03. The van der Waals surface area contributed by atoms with Crippen molar-refractivity contribution in [3.05, 3.63) is 0 Å². The summed E-state index contributed by atoms with van der Waals surface area (Å²) < 4.78 is 0. The van der Waals surface area contributed by atoms with Gasteiger partial charge in [-0.3, -0.25) is 9.59 Å². The molecule has 2 unspecified atom stereocenters. The van der Waals surface area contributed by atoms with E-state index < -0.39 is 0 Å². The van der Waals surface area contributed by atoms with Crippen LogP contribution in [0.25, 0.3) is 0 Å². The van der Waals surface area contributed by atoms with E-state index in [4.69, 9.17) is 0 Å². The van der Waals surface area contributed by atoms with Gasteiger partial charge in [0.15, 0.2) is 0 Å². The average molecular weight is 252 g/mol. The van der Waals surface area contributed by atoms with E-state index in [1.54, 1.807) is 0 Å². The third-order valence-corrected chi connectivity index (χ3v) is 4.44. The molecule has 0 bridgehead atoms. The molecule has 1 saturated heterocycles. The predicted molar refractivity (Wildman–Crippen MR) is 69.9 cm³/mol. The lowest BCUT2D eigenvalue weighted by atomic mass is 9.68. The van der Waals surface area contributed by atoms with Crippen LogP contribution < -0.4 is 10.6 Å². The summed E-state index contributed by atoms with van der Waals surface area (Å²) in [6.07, 6.45) is 5.81. The van der Waals surface area contributed by atoms with Crippen LogP contribution in [0.15, 0.2) is 0 Å². The third-order valence-electron chi connectivity index (χ3n) is 4.44. The topological polar surface area (TPSA) is 58.2 Å². The van der Waals surface area contributed by atoms with Gasteiger partial charge in [-0.05, 0) is 24.7 Å². The SMILES string of the molecule is CC1(C)CCCCC1C(=O)NC1CCC(=O)NC1. The molecule has 2 amide bonds. The van der Waals surface area contributed by atoms with Crippen molar-refractivity contribution in [1.29, 1.82) is 0 Å². The fourth-order valence-electron chi connectivity index (χ4n) is 3.14. The Morgan fingerprint density at radius 1 is 1.33 bits per heavy atom. The van der Waals surface area contributed by atoms with Gasteiger partial charge in [0, 0.05) is 24.9 Å². The zero-order chi connectivity index (χ0) is 13.2. The maximum Gasteiger partial charge on any atom is 0.223 e. The van der Waals surface area contributed by atoms with Gasteiger partial charge in [0.2, 0.25) is 11.8 Å². The Labute approximate surface area is 109 Å². The van der Waals surface area contributed by atoms with E-state index in [1.807, 2.05) is 0 Å². The number of hydrogen-bond acceptors (Lipinski definition) is 2. The monoisotopic (exact) mass is 252 g/mol. The molecular weight excluding hydrogens is 228 g/mol. The molecule has 2 fully saturated rings. The van der Waals surface area contributed by atoms with Gasteiger partial charge in [0.1, 0.15) is 0 Å². The van der Waals surface area contributed by atoms with E-state index in [0.29, 0.717) is 13.0 Å². The van der Waals surface area contributed by atoms with Crippen LogP contribution in [0.1, 0.15) is 52.4 Å². The lowest BCUT2D eigenvalue weighted by Gasteiger charge is -2.38. The molecule has 4 heteroatoms. The molecule has 2 N–H and O–H groups in total. The van der Waals surface area contributed by atoms with Gasteiger partial charge < -0.3 is 10.6 Å². The Kier molecular flexibility index (Phi) is 3.93. The van der Waals surface area contributed by atoms with Crippen LogP contribution in [-0.4, -0.2) is 24.4 Å². The highest BCUT2D eigenvalue weighted by Gasteiger charge is 2.37. The normalized spacial score (nSPS) is 31.6. The van der Waals surface area contributed by atoms with Crippen molar-refractivity contribution < 1.29 is 9.59 Å². The molecule has 18 heavy (non-hydrogen) atoms. The molecule has 0 aromatic carbocycles. The molecule has 102 valence electrons. The summed E-state index contributed by atoms with van der Waals surface area (Å²) >= 11 is 0. The standard InChI is InChI=1S/C14H24N2O2/c1-14(2)8-4-3-5-11(14)13(18)16-10-6-7-12(17)15-9-10/h10-11H,3-9H2,1-2H3,(H,15,17)(H,16,18). The second kappa shape index (κ2) is 5.29. The Bertz CT molecular complexity index is 329. The highest BCUT2D eigenvalue weighted by atomic mass is 16.2. The van der Waals surface area contributed by atoms with Crippen molar-refractivity contribution in [3.8, 4) is 0 Å². The smallest absolute Gasteiger partial charge is 0.223 e. The van der Waals surface area contributed by atoms with Crippen LogP contribution in [0.2, 0.25) is 0 Å². The molecule has 0 spiro atoms. The summed E-state index contributed by atoms with van der Waals surface area (Å²) in [5.74, 6) is 0.406. The molecule has 0 aromatic heterocycles. The maximum absolute atomic E-state index is 12.3. The molecule has 1 saturated carbocycles. The lowest BCUT2D eigenvalue weighted by molar-refractivity contribution is -0.132.